The molecule has 1 heterocycles. The molecule has 1 saturated carbocycles. The third-order valence-electron chi connectivity index (χ3n) is 4.13. The summed E-state index contributed by atoms with van der Waals surface area (Å²) in [6.45, 7) is 3.75. The summed E-state index contributed by atoms with van der Waals surface area (Å²) in [5, 5.41) is 3.74. The molecule has 3 N–H and O–H groups in total. The Morgan fingerprint density at radius 1 is 1.25 bits per heavy atom. The molecule has 2 fully saturated rings. The van der Waals surface area contributed by atoms with Gasteiger partial charge < -0.3 is 16.0 Å². The van der Waals surface area contributed by atoms with Crippen molar-refractivity contribution in [3.8, 4) is 0 Å². The second kappa shape index (κ2) is 5.99. The molecule has 3 heteroatoms. The van der Waals surface area contributed by atoms with Gasteiger partial charge in [0.05, 0.1) is 0 Å². The van der Waals surface area contributed by atoms with Gasteiger partial charge in [-0.25, -0.2) is 0 Å². The standard InChI is InChI=1S/C13H27N3/c1-16-7-3-4-11(10-16)9-15-13-6-2-5-12(14)8-13/h11-13,15H,2-10,14H2,1H3. The minimum absolute atomic E-state index is 0.445. The fraction of sp³-hybridized carbons (Fsp3) is 1.00. The lowest BCUT2D eigenvalue weighted by Gasteiger charge is -2.33. The summed E-state index contributed by atoms with van der Waals surface area (Å²) in [7, 11) is 2.24. The summed E-state index contributed by atoms with van der Waals surface area (Å²) < 4.78 is 0. The van der Waals surface area contributed by atoms with Gasteiger partial charge in [-0.15, -0.1) is 0 Å². The summed E-state index contributed by atoms with van der Waals surface area (Å²) in [5.41, 5.74) is 6.01. The van der Waals surface area contributed by atoms with Gasteiger partial charge in [0.1, 0.15) is 0 Å². The molecule has 0 radical (unpaired) electrons. The van der Waals surface area contributed by atoms with Crippen LogP contribution in [0.4, 0.5) is 0 Å². The van der Waals surface area contributed by atoms with Crippen molar-refractivity contribution < 1.29 is 0 Å². The van der Waals surface area contributed by atoms with Crippen molar-refractivity contribution in [3.05, 3.63) is 0 Å². The number of rotatable bonds is 3. The van der Waals surface area contributed by atoms with Gasteiger partial charge in [0, 0.05) is 18.6 Å². The van der Waals surface area contributed by atoms with Crippen LogP contribution in [-0.2, 0) is 0 Å². The topological polar surface area (TPSA) is 41.3 Å². The lowest BCUT2D eigenvalue weighted by molar-refractivity contribution is 0.197. The van der Waals surface area contributed by atoms with Crippen molar-refractivity contribution >= 4 is 0 Å². The van der Waals surface area contributed by atoms with E-state index in [2.05, 4.69) is 17.3 Å². The van der Waals surface area contributed by atoms with E-state index in [0.717, 1.165) is 5.92 Å². The highest BCUT2D eigenvalue weighted by Gasteiger charge is 2.21. The summed E-state index contributed by atoms with van der Waals surface area (Å²) >= 11 is 0. The molecule has 2 rings (SSSR count). The number of nitrogens with one attached hydrogen (secondary N) is 1. The quantitative estimate of drug-likeness (QED) is 0.758. The van der Waals surface area contributed by atoms with Crippen molar-refractivity contribution in [1.29, 1.82) is 0 Å². The first-order valence-corrected chi connectivity index (χ1v) is 6.91. The smallest absolute Gasteiger partial charge is 0.00819 e. The van der Waals surface area contributed by atoms with Crippen LogP contribution in [0.2, 0.25) is 0 Å². The Morgan fingerprint density at radius 3 is 2.88 bits per heavy atom. The molecule has 1 saturated heterocycles. The third kappa shape index (κ3) is 3.72. The van der Waals surface area contributed by atoms with Gasteiger partial charge in [0.15, 0.2) is 0 Å². The second-order valence-electron chi connectivity index (χ2n) is 5.80. The lowest BCUT2D eigenvalue weighted by atomic mass is 9.90. The molecule has 3 unspecified atom stereocenters. The van der Waals surface area contributed by atoms with Crippen LogP contribution in [0.25, 0.3) is 0 Å². The predicted molar refractivity (Wildman–Crippen MR) is 68.5 cm³/mol. The van der Waals surface area contributed by atoms with E-state index in [1.165, 1.54) is 58.2 Å². The molecule has 0 aromatic carbocycles. The van der Waals surface area contributed by atoms with Crippen LogP contribution in [-0.4, -0.2) is 43.7 Å². The number of nitrogens with zero attached hydrogens (tertiary/aromatic N) is 1. The number of nitrogens with two attached hydrogens (primary N) is 1. The first kappa shape index (κ1) is 12.3. The molecule has 0 spiro atoms. The van der Waals surface area contributed by atoms with E-state index in [-0.39, 0.29) is 0 Å². The maximum atomic E-state index is 6.01. The van der Waals surface area contributed by atoms with E-state index in [1.54, 1.807) is 0 Å². The van der Waals surface area contributed by atoms with Gasteiger partial charge in [-0.1, -0.05) is 6.42 Å². The minimum Gasteiger partial charge on any atom is -0.328 e. The Labute approximate surface area is 99.8 Å². The lowest BCUT2D eigenvalue weighted by Crippen LogP contribution is -2.44. The van der Waals surface area contributed by atoms with Crippen LogP contribution in [0, 0.1) is 5.92 Å². The van der Waals surface area contributed by atoms with Gasteiger partial charge in [-0.05, 0) is 58.2 Å². The molecule has 0 aromatic rings. The van der Waals surface area contributed by atoms with E-state index in [1.807, 2.05) is 0 Å². The van der Waals surface area contributed by atoms with E-state index in [9.17, 15) is 0 Å². The summed E-state index contributed by atoms with van der Waals surface area (Å²) in [6, 6.07) is 1.14. The van der Waals surface area contributed by atoms with Crippen LogP contribution < -0.4 is 11.1 Å². The first-order chi connectivity index (χ1) is 7.74. The monoisotopic (exact) mass is 225 g/mol. The van der Waals surface area contributed by atoms with Gasteiger partial charge >= 0.3 is 0 Å². The summed E-state index contributed by atoms with van der Waals surface area (Å²) in [4.78, 5) is 2.46. The highest BCUT2D eigenvalue weighted by Crippen LogP contribution is 2.19. The van der Waals surface area contributed by atoms with E-state index < -0.39 is 0 Å². The fourth-order valence-corrected chi connectivity index (χ4v) is 3.19. The van der Waals surface area contributed by atoms with E-state index >= 15 is 0 Å². The van der Waals surface area contributed by atoms with E-state index in [0.29, 0.717) is 12.1 Å². The number of hydrogen-bond donors (Lipinski definition) is 2. The summed E-state index contributed by atoms with van der Waals surface area (Å²) in [5.74, 6) is 0.858. The largest absolute Gasteiger partial charge is 0.328 e. The molecule has 0 aromatic heterocycles. The summed E-state index contributed by atoms with van der Waals surface area (Å²) in [6.07, 6.45) is 7.82. The molecule has 3 atom stereocenters. The van der Waals surface area contributed by atoms with Crippen LogP contribution in [0.15, 0.2) is 0 Å². The van der Waals surface area contributed by atoms with E-state index in [4.69, 9.17) is 5.73 Å². The Morgan fingerprint density at radius 2 is 2.12 bits per heavy atom. The zero-order chi connectivity index (χ0) is 11.4. The van der Waals surface area contributed by atoms with Crippen LogP contribution in [0.3, 0.4) is 0 Å². The molecule has 1 aliphatic heterocycles. The second-order valence-corrected chi connectivity index (χ2v) is 5.80. The Balaban J connectivity index is 1.66. The Kier molecular flexibility index (Phi) is 4.62. The highest BCUT2D eigenvalue weighted by atomic mass is 15.1. The average molecular weight is 225 g/mol. The third-order valence-corrected chi connectivity index (χ3v) is 4.13. The highest BCUT2D eigenvalue weighted by molar-refractivity contribution is 4.81. The molecular formula is C13H27N3. The van der Waals surface area contributed by atoms with Crippen molar-refractivity contribution in [2.45, 2.75) is 50.6 Å². The van der Waals surface area contributed by atoms with Crippen molar-refractivity contribution in [3.63, 3.8) is 0 Å². The zero-order valence-electron chi connectivity index (χ0n) is 10.6. The van der Waals surface area contributed by atoms with Gasteiger partial charge in [0.25, 0.3) is 0 Å². The molecule has 0 amide bonds. The molecular weight excluding hydrogens is 198 g/mol. The maximum absolute atomic E-state index is 6.01. The Hall–Kier alpha value is -0.120. The molecule has 94 valence electrons. The molecule has 0 bridgehead atoms. The molecule has 1 aliphatic carbocycles. The number of piperidine rings is 1. The molecule has 2 aliphatic rings. The van der Waals surface area contributed by atoms with Crippen molar-refractivity contribution in [1.82, 2.24) is 10.2 Å². The zero-order valence-corrected chi connectivity index (χ0v) is 10.6. The number of likely N-dealkylation sites (tertiary alicyclic amines) is 1. The molecule has 3 nitrogen and oxygen atoms in total. The van der Waals surface area contributed by atoms with Crippen LogP contribution >= 0.6 is 0 Å². The van der Waals surface area contributed by atoms with Crippen LogP contribution in [0.1, 0.15) is 38.5 Å². The van der Waals surface area contributed by atoms with Crippen molar-refractivity contribution in [2.24, 2.45) is 11.7 Å². The SMILES string of the molecule is CN1CCCC(CNC2CCCC(N)C2)C1. The van der Waals surface area contributed by atoms with Crippen molar-refractivity contribution in [2.75, 3.05) is 26.7 Å². The maximum Gasteiger partial charge on any atom is 0.00819 e. The fourth-order valence-electron chi connectivity index (χ4n) is 3.19. The average Bonchev–Trinajstić information content (AvgIpc) is 2.27. The number of hydrogen-bond acceptors (Lipinski definition) is 3. The normalized spacial score (nSPS) is 37.5. The molecule has 16 heavy (non-hydrogen) atoms. The van der Waals surface area contributed by atoms with Gasteiger partial charge in [-0.2, -0.15) is 0 Å². The van der Waals surface area contributed by atoms with Gasteiger partial charge in [0.2, 0.25) is 0 Å². The van der Waals surface area contributed by atoms with Crippen LogP contribution in [0.5, 0.6) is 0 Å². The van der Waals surface area contributed by atoms with Gasteiger partial charge in [-0.3, -0.25) is 0 Å². The predicted octanol–water partition coefficient (Wildman–Crippen LogP) is 1.19. The Bertz CT molecular complexity index is 185. The minimum atomic E-state index is 0.445. The first-order valence-electron chi connectivity index (χ1n) is 6.91.